The van der Waals surface area contributed by atoms with Gasteiger partial charge in [-0.3, -0.25) is 0 Å². The van der Waals surface area contributed by atoms with E-state index >= 15 is 0 Å². The van der Waals surface area contributed by atoms with Crippen molar-refractivity contribution in [3.8, 4) is 11.5 Å². The average Bonchev–Trinajstić information content (AvgIpc) is 3.40. The summed E-state index contributed by atoms with van der Waals surface area (Å²) in [7, 11) is -3.45. The van der Waals surface area contributed by atoms with Gasteiger partial charge in [-0.2, -0.15) is 4.31 Å². The first-order valence-electron chi connectivity index (χ1n) is 8.82. The first kappa shape index (κ1) is 19.1. The van der Waals surface area contributed by atoms with Crippen molar-refractivity contribution in [3.63, 3.8) is 0 Å². The van der Waals surface area contributed by atoms with E-state index in [0.717, 1.165) is 18.5 Å². The number of benzene rings is 1. The molecule has 2 aromatic heterocycles. The van der Waals surface area contributed by atoms with E-state index < -0.39 is 10.0 Å². The smallest absolute Gasteiger partial charge is 0.244 e. The number of rotatable bonds is 6. The van der Waals surface area contributed by atoms with Gasteiger partial charge in [0, 0.05) is 30.6 Å². The minimum atomic E-state index is -3.45. The van der Waals surface area contributed by atoms with Crippen molar-refractivity contribution in [2.45, 2.75) is 28.5 Å². The third-order valence-corrected chi connectivity index (χ3v) is 7.28. The second-order valence-electron chi connectivity index (χ2n) is 6.38. The lowest BCUT2D eigenvalue weighted by molar-refractivity contribution is 0.477. The first-order chi connectivity index (χ1) is 13.5. The number of hydrogen-bond acceptors (Lipinski definition) is 6. The summed E-state index contributed by atoms with van der Waals surface area (Å²) in [5, 5.41) is 0.701. The van der Waals surface area contributed by atoms with Crippen LogP contribution in [0.4, 0.5) is 4.39 Å². The summed E-state index contributed by atoms with van der Waals surface area (Å²) in [4.78, 5) is 8.88. The van der Waals surface area contributed by atoms with Gasteiger partial charge in [0.1, 0.15) is 17.0 Å². The maximum atomic E-state index is 13.0. The molecule has 6 nitrogen and oxygen atoms in total. The Bertz CT molecular complexity index is 1040. The van der Waals surface area contributed by atoms with Crippen molar-refractivity contribution in [1.82, 2.24) is 14.3 Å². The van der Waals surface area contributed by atoms with E-state index in [1.165, 1.54) is 34.4 Å². The van der Waals surface area contributed by atoms with Gasteiger partial charge < -0.3 is 4.42 Å². The Hall–Kier alpha value is -2.23. The summed E-state index contributed by atoms with van der Waals surface area (Å²) in [6, 6.07) is 9.23. The molecule has 0 radical (unpaired) electrons. The molecule has 1 aliphatic rings. The molecule has 146 valence electrons. The Labute approximate surface area is 166 Å². The molecule has 1 saturated heterocycles. The molecule has 0 N–H and O–H groups in total. The van der Waals surface area contributed by atoms with Crippen LogP contribution in [-0.2, 0) is 15.8 Å². The van der Waals surface area contributed by atoms with Crippen molar-refractivity contribution >= 4 is 21.8 Å². The van der Waals surface area contributed by atoms with Gasteiger partial charge in [0.2, 0.25) is 15.9 Å². The van der Waals surface area contributed by atoms with Crippen LogP contribution >= 0.6 is 11.8 Å². The highest BCUT2D eigenvalue weighted by molar-refractivity contribution is 7.98. The number of nitrogens with zero attached hydrogens (tertiary/aromatic N) is 3. The van der Waals surface area contributed by atoms with Crippen LogP contribution in [0.15, 0.2) is 63.2 Å². The molecule has 0 bridgehead atoms. The highest BCUT2D eigenvalue weighted by Gasteiger charge is 2.27. The highest BCUT2D eigenvalue weighted by atomic mass is 32.2. The van der Waals surface area contributed by atoms with E-state index in [1.807, 2.05) is 0 Å². The number of hydrogen-bond donors (Lipinski definition) is 0. The molecule has 0 saturated carbocycles. The summed E-state index contributed by atoms with van der Waals surface area (Å²) >= 11 is 1.43. The largest absolute Gasteiger partial charge is 0.444 e. The number of halogens is 1. The summed E-state index contributed by atoms with van der Waals surface area (Å²) in [6.45, 7) is 1.14. The number of sulfonamides is 1. The van der Waals surface area contributed by atoms with Crippen molar-refractivity contribution in [3.05, 3.63) is 60.4 Å². The topological polar surface area (TPSA) is 76.3 Å². The molecule has 28 heavy (non-hydrogen) atoms. The molecule has 3 aromatic rings. The van der Waals surface area contributed by atoms with Gasteiger partial charge in [0.25, 0.3) is 0 Å². The Morgan fingerprint density at radius 2 is 1.86 bits per heavy atom. The third-order valence-electron chi connectivity index (χ3n) is 4.42. The minimum absolute atomic E-state index is 0.221. The van der Waals surface area contributed by atoms with Crippen LogP contribution in [-0.4, -0.2) is 35.8 Å². The summed E-state index contributed by atoms with van der Waals surface area (Å²) < 4.78 is 45.0. The second kappa shape index (κ2) is 8.02. The van der Waals surface area contributed by atoms with E-state index in [0.29, 0.717) is 35.3 Å². The molecule has 0 aliphatic carbocycles. The van der Waals surface area contributed by atoms with Crippen molar-refractivity contribution in [1.29, 1.82) is 0 Å². The molecular formula is C19H18FN3O3S2. The van der Waals surface area contributed by atoms with Crippen LogP contribution in [0.25, 0.3) is 11.5 Å². The lowest BCUT2D eigenvalue weighted by Crippen LogP contribution is -2.27. The molecule has 1 aliphatic heterocycles. The average molecular weight is 420 g/mol. The van der Waals surface area contributed by atoms with E-state index in [4.69, 9.17) is 4.42 Å². The molecule has 4 rings (SSSR count). The lowest BCUT2D eigenvalue weighted by Gasteiger charge is -2.15. The fraction of sp³-hybridized carbons (Fsp3) is 0.263. The Kier molecular flexibility index (Phi) is 5.47. The number of pyridine rings is 1. The maximum Gasteiger partial charge on any atom is 0.244 e. The van der Waals surface area contributed by atoms with Crippen molar-refractivity contribution in [2.24, 2.45) is 0 Å². The van der Waals surface area contributed by atoms with Crippen molar-refractivity contribution in [2.75, 3.05) is 13.1 Å². The summed E-state index contributed by atoms with van der Waals surface area (Å²) in [6.07, 6.45) is 4.76. The SMILES string of the molecule is O=S(=O)(c1ccc(SCc2coc(-c3ccc(F)cc3)n2)nc1)N1CCCC1. The zero-order valence-corrected chi connectivity index (χ0v) is 16.5. The fourth-order valence-electron chi connectivity index (χ4n) is 2.93. The van der Waals surface area contributed by atoms with Gasteiger partial charge in [-0.15, -0.1) is 0 Å². The molecule has 1 aromatic carbocycles. The van der Waals surface area contributed by atoms with Gasteiger partial charge in [0.05, 0.1) is 10.7 Å². The Balaban J connectivity index is 1.40. The van der Waals surface area contributed by atoms with Crippen LogP contribution in [0.3, 0.4) is 0 Å². The first-order valence-corrected chi connectivity index (χ1v) is 11.2. The molecular weight excluding hydrogens is 401 g/mol. The monoisotopic (exact) mass is 419 g/mol. The zero-order chi connectivity index (χ0) is 19.6. The van der Waals surface area contributed by atoms with Gasteiger partial charge in [-0.25, -0.2) is 22.8 Å². The van der Waals surface area contributed by atoms with E-state index in [9.17, 15) is 12.8 Å². The molecule has 0 atom stereocenters. The van der Waals surface area contributed by atoms with Gasteiger partial charge in [-0.1, -0.05) is 11.8 Å². The Morgan fingerprint density at radius 1 is 1.11 bits per heavy atom. The highest BCUT2D eigenvalue weighted by Crippen LogP contribution is 2.26. The van der Waals surface area contributed by atoms with Gasteiger partial charge in [0.15, 0.2) is 0 Å². The molecule has 9 heteroatoms. The maximum absolute atomic E-state index is 13.0. The van der Waals surface area contributed by atoms with Crippen LogP contribution in [0.5, 0.6) is 0 Å². The summed E-state index contributed by atoms with van der Waals surface area (Å²) in [5.41, 5.74) is 1.42. The standard InChI is InChI=1S/C19H18FN3O3S2/c20-15-5-3-14(4-6-15)19-22-16(12-26-19)13-27-18-8-7-17(11-21-18)28(24,25)23-9-1-2-10-23/h3-8,11-12H,1-2,9-10,13H2. The van der Waals surface area contributed by atoms with Gasteiger partial charge in [-0.05, 0) is 49.2 Å². The Morgan fingerprint density at radius 3 is 2.54 bits per heavy atom. The van der Waals surface area contributed by atoms with Crippen LogP contribution in [0.1, 0.15) is 18.5 Å². The van der Waals surface area contributed by atoms with E-state index in [2.05, 4.69) is 9.97 Å². The summed E-state index contributed by atoms with van der Waals surface area (Å²) in [5.74, 6) is 0.638. The number of oxazole rings is 1. The molecule has 0 spiro atoms. The predicted molar refractivity (Wildman–Crippen MR) is 104 cm³/mol. The number of aromatic nitrogens is 2. The van der Waals surface area contributed by atoms with Crippen molar-refractivity contribution < 1.29 is 17.2 Å². The fourth-order valence-corrected chi connectivity index (χ4v) is 5.11. The quantitative estimate of drug-likeness (QED) is 0.563. The molecule has 1 fully saturated rings. The molecule has 3 heterocycles. The molecule has 0 amide bonds. The third kappa shape index (κ3) is 4.11. The van der Waals surface area contributed by atoms with Gasteiger partial charge >= 0.3 is 0 Å². The van der Waals surface area contributed by atoms with E-state index in [-0.39, 0.29) is 10.7 Å². The zero-order valence-electron chi connectivity index (χ0n) is 14.9. The van der Waals surface area contributed by atoms with Crippen LogP contribution in [0, 0.1) is 5.82 Å². The predicted octanol–water partition coefficient (Wildman–Crippen LogP) is 3.95. The van der Waals surface area contributed by atoms with E-state index in [1.54, 1.807) is 30.5 Å². The second-order valence-corrected chi connectivity index (χ2v) is 9.32. The van der Waals surface area contributed by atoms with Crippen LogP contribution < -0.4 is 0 Å². The molecule has 0 unspecified atom stereocenters. The minimum Gasteiger partial charge on any atom is -0.444 e. The normalized spacial score (nSPS) is 15.2. The lowest BCUT2D eigenvalue weighted by atomic mass is 10.2. The van der Waals surface area contributed by atoms with Crippen LogP contribution in [0.2, 0.25) is 0 Å². The number of thioether (sulfide) groups is 1.